The van der Waals surface area contributed by atoms with E-state index in [4.69, 9.17) is 26.1 Å². The molecule has 0 saturated carbocycles. The highest BCUT2D eigenvalue weighted by Gasteiger charge is 2.20. The van der Waals surface area contributed by atoms with E-state index in [0.717, 1.165) is 47.4 Å². The third-order valence-corrected chi connectivity index (χ3v) is 8.51. The number of nitrogens with zero attached hydrogens (tertiary/aromatic N) is 5. The fraction of sp³-hybridized carbons (Fsp3) is 0.343. The molecule has 1 fully saturated rings. The third-order valence-electron chi connectivity index (χ3n) is 8.11. The van der Waals surface area contributed by atoms with Crippen LogP contribution in [0.3, 0.4) is 0 Å². The van der Waals surface area contributed by atoms with Crippen molar-refractivity contribution >= 4 is 33.9 Å². The zero-order chi connectivity index (χ0) is 34.4. The van der Waals surface area contributed by atoms with Crippen LogP contribution in [-0.2, 0) is 18.3 Å². The molecule has 0 amide bonds. The molecule has 0 atom stereocenters. The molecular formula is C35H38ClF2N7O3. The molecular weight excluding hydrogens is 640 g/mol. The van der Waals surface area contributed by atoms with E-state index in [1.807, 2.05) is 51.1 Å². The van der Waals surface area contributed by atoms with Crippen LogP contribution in [0, 0.1) is 6.92 Å². The van der Waals surface area contributed by atoms with Crippen LogP contribution in [0.5, 0.6) is 5.88 Å². The number of methoxy groups -OCH3 is 1. The molecule has 6 rings (SSSR count). The average molecular weight is 678 g/mol. The summed E-state index contributed by atoms with van der Waals surface area (Å²) in [6, 6.07) is 12.7. The topological polar surface area (TPSA) is 116 Å². The molecule has 0 bridgehead atoms. The number of nitrogens with one attached hydrogen (secondary N) is 2. The molecule has 4 heterocycles. The first kappa shape index (κ1) is 34.8. The van der Waals surface area contributed by atoms with Gasteiger partial charge in [0.05, 0.1) is 35.6 Å². The normalized spacial score (nSPS) is 13.4. The average Bonchev–Trinajstić information content (AvgIpc) is 3.11. The van der Waals surface area contributed by atoms with Crippen LogP contribution >= 0.6 is 11.6 Å². The van der Waals surface area contributed by atoms with Gasteiger partial charge in [-0.25, -0.2) is 23.4 Å². The highest BCUT2D eigenvalue weighted by molar-refractivity contribution is 6.36. The van der Waals surface area contributed by atoms with Gasteiger partial charge in [-0.1, -0.05) is 55.8 Å². The zero-order valence-corrected chi connectivity index (χ0v) is 28.2. The van der Waals surface area contributed by atoms with Crippen LogP contribution in [0.1, 0.15) is 50.1 Å². The van der Waals surface area contributed by atoms with Crippen molar-refractivity contribution in [3.05, 3.63) is 87.2 Å². The molecule has 0 radical (unpaired) electrons. The molecule has 0 spiro atoms. The van der Waals surface area contributed by atoms with Crippen LogP contribution in [0.2, 0.25) is 5.02 Å². The Hall–Kier alpha value is -4.52. The van der Waals surface area contributed by atoms with Crippen LogP contribution in [0.25, 0.3) is 33.2 Å². The maximum absolute atomic E-state index is 13.7. The predicted molar refractivity (Wildman–Crippen MR) is 184 cm³/mol. The summed E-state index contributed by atoms with van der Waals surface area (Å²) in [6.45, 7) is 7.87. The summed E-state index contributed by atoms with van der Waals surface area (Å²) in [5, 5.41) is 11.5. The Balaban J connectivity index is 0.00000221. The Morgan fingerprint density at radius 2 is 1.77 bits per heavy atom. The van der Waals surface area contributed by atoms with E-state index in [0.29, 0.717) is 46.1 Å². The Kier molecular flexibility index (Phi) is 11.3. The second-order valence-corrected chi connectivity index (χ2v) is 11.4. The molecule has 2 aromatic carbocycles. The Morgan fingerprint density at radius 3 is 2.50 bits per heavy atom. The minimum Gasteiger partial charge on any atom is -0.480 e. The van der Waals surface area contributed by atoms with Crippen molar-refractivity contribution < 1.29 is 18.3 Å². The highest BCUT2D eigenvalue weighted by Crippen LogP contribution is 2.40. The number of pyridine rings is 1. The van der Waals surface area contributed by atoms with E-state index in [2.05, 4.69) is 25.7 Å². The van der Waals surface area contributed by atoms with Gasteiger partial charge >= 0.3 is 0 Å². The number of hydrogen-bond acceptors (Lipinski definition) is 9. The van der Waals surface area contributed by atoms with Gasteiger partial charge in [0.2, 0.25) is 5.88 Å². The second-order valence-electron chi connectivity index (χ2n) is 11.0. The van der Waals surface area contributed by atoms with E-state index in [9.17, 15) is 13.6 Å². The lowest BCUT2D eigenvalue weighted by Crippen LogP contribution is -2.34. The minimum atomic E-state index is -2.83. The van der Waals surface area contributed by atoms with Crippen molar-refractivity contribution in [2.45, 2.75) is 52.6 Å². The summed E-state index contributed by atoms with van der Waals surface area (Å²) in [6.07, 6.45) is 2.11. The summed E-state index contributed by atoms with van der Waals surface area (Å²) in [5.74, 6) is 0.428. The van der Waals surface area contributed by atoms with E-state index in [-0.39, 0.29) is 16.6 Å². The Morgan fingerprint density at radius 1 is 1.06 bits per heavy atom. The van der Waals surface area contributed by atoms with Gasteiger partial charge < -0.3 is 20.1 Å². The number of benzene rings is 2. The molecule has 48 heavy (non-hydrogen) atoms. The summed E-state index contributed by atoms with van der Waals surface area (Å²) in [5.41, 5.74) is 3.85. The second kappa shape index (κ2) is 15.6. The molecule has 13 heteroatoms. The van der Waals surface area contributed by atoms with Gasteiger partial charge in [0.1, 0.15) is 17.2 Å². The van der Waals surface area contributed by atoms with Crippen LogP contribution < -0.4 is 20.9 Å². The molecule has 252 valence electrons. The SMILES string of the molecule is CC.COc1nc(-c2cccc(-c3cccc(Nc4nc(C(F)F)cc5cnn(C)c(=O)c45)c3C)c2Cl)cnc1CNC1CCOCC1. The Bertz CT molecular complexity index is 1970. The van der Waals surface area contributed by atoms with Crippen molar-refractivity contribution in [1.29, 1.82) is 0 Å². The van der Waals surface area contributed by atoms with Crippen molar-refractivity contribution in [3.63, 3.8) is 0 Å². The number of aromatic nitrogens is 5. The lowest BCUT2D eigenvalue weighted by atomic mass is 9.96. The molecule has 3 aromatic heterocycles. The minimum absolute atomic E-state index is 0.0182. The predicted octanol–water partition coefficient (Wildman–Crippen LogP) is 7.40. The number of hydrogen-bond donors (Lipinski definition) is 2. The van der Waals surface area contributed by atoms with E-state index < -0.39 is 17.7 Å². The van der Waals surface area contributed by atoms with Crippen molar-refractivity contribution in [1.82, 2.24) is 30.0 Å². The van der Waals surface area contributed by atoms with Crippen LogP contribution in [-0.4, -0.2) is 51.1 Å². The zero-order valence-electron chi connectivity index (χ0n) is 27.5. The summed E-state index contributed by atoms with van der Waals surface area (Å²) < 4.78 is 39.6. The van der Waals surface area contributed by atoms with E-state index in [1.165, 1.54) is 19.3 Å². The molecule has 10 nitrogen and oxygen atoms in total. The molecule has 1 aliphatic heterocycles. The molecule has 5 aromatic rings. The summed E-state index contributed by atoms with van der Waals surface area (Å²) in [4.78, 5) is 26.5. The number of alkyl halides is 2. The fourth-order valence-corrected chi connectivity index (χ4v) is 5.88. The first-order valence-corrected chi connectivity index (χ1v) is 16.1. The number of halogens is 3. The quantitative estimate of drug-likeness (QED) is 0.165. The van der Waals surface area contributed by atoms with Gasteiger partial charge in [0.15, 0.2) is 0 Å². The van der Waals surface area contributed by atoms with Gasteiger partial charge in [0.25, 0.3) is 12.0 Å². The van der Waals surface area contributed by atoms with Crippen molar-refractivity contribution in [2.24, 2.45) is 7.05 Å². The maximum atomic E-state index is 13.7. The number of rotatable bonds is 9. The summed E-state index contributed by atoms with van der Waals surface area (Å²) >= 11 is 7.03. The molecule has 2 N–H and O–H groups in total. The third kappa shape index (κ3) is 7.30. The lowest BCUT2D eigenvalue weighted by Gasteiger charge is -2.23. The molecule has 0 unspecified atom stereocenters. The molecule has 0 aliphatic carbocycles. The van der Waals surface area contributed by atoms with Gasteiger partial charge in [-0.2, -0.15) is 5.10 Å². The maximum Gasteiger partial charge on any atom is 0.280 e. The van der Waals surface area contributed by atoms with E-state index >= 15 is 0 Å². The van der Waals surface area contributed by atoms with Gasteiger partial charge in [0, 0.05) is 55.0 Å². The number of ether oxygens (including phenoxy) is 2. The summed E-state index contributed by atoms with van der Waals surface area (Å²) in [7, 11) is 3.05. The van der Waals surface area contributed by atoms with Crippen LogP contribution in [0.4, 0.5) is 20.3 Å². The molecule has 1 aliphatic rings. The van der Waals surface area contributed by atoms with Crippen LogP contribution in [0.15, 0.2) is 59.7 Å². The van der Waals surface area contributed by atoms with Gasteiger partial charge in [-0.3, -0.25) is 9.78 Å². The Labute approximate surface area is 282 Å². The largest absolute Gasteiger partial charge is 0.480 e. The first-order chi connectivity index (χ1) is 23.2. The fourth-order valence-electron chi connectivity index (χ4n) is 5.56. The monoisotopic (exact) mass is 677 g/mol. The first-order valence-electron chi connectivity index (χ1n) is 15.8. The number of fused-ring (bicyclic) bond motifs is 1. The van der Waals surface area contributed by atoms with Crippen molar-refractivity contribution in [2.75, 3.05) is 25.6 Å². The molecule has 1 saturated heterocycles. The number of aryl methyl sites for hydroxylation is 1. The lowest BCUT2D eigenvalue weighted by molar-refractivity contribution is 0.0774. The van der Waals surface area contributed by atoms with E-state index in [1.54, 1.807) is 19.4 Å². The standard InChI is InChI=1S/C33H32ClF2N7O3.C2H6/c1-18-21(6-5-9-24(18)40-31-28-19(14-25(41-31)30(35)36)15-39-43(2)33(28)44)22-7-4-8-23(29(22)34)26-16-38-27(32(42-26)45-3)17-37-20-10-12-46-13-11-20;1-2/h4-9,14-16,20,30,37H,10-13,17H2,1-3H3,(H,40,41);1-2H3. The van der Waals surface area contributed by atoms with Crippen molar-refractivity contribution in [3.8, 4) is 28.3 Å². The van der Waals surface area contributed by atoms with Gasteiger partial charge in [-0.05, 0) is 43.0 Å². The number of anilines is 2. The highest BCUT2D eigenvalue weighted by atomic mass is 35.5. The smallest absolute Gasteiger partial charge is 0.280 e. The van der Waals surface area contributed by atoms with Gasteiger partial charge in [-0.15, -0.1) is 0 Å².